The number of amides is 1. The first-order valence-electron chi connectivity index (χ1n) is 8.46. The number of carbonyl (C=O) groups is 1. The number of aromatic nitrogens is 2. The van der Waals surface area contributed by atoms with Crippen molar-refractivity contribution in [3.05, 3.63) is 18.0 Å². The molecule has 1 saturated heterocycles. The van der Waals surface area contributed by atoms with Crippen molar-refractivity contribution in [2.24, 2.45) is 12.0 Å². The highest BCUT2D eigenvalue weighted by atomic mass is 127. The Labute approximate surface area is 161 Å². The minimum Gasteiger partial charge on any atom is -0.357 e. The van der Waals surface area contributed by atoms with Gasteiger partial charge in [0.2, 0.25) is 5.91 Å². The summed E-state index contributed by atoms with van der Waals surface area (Å²) in [6.07, 6.45) is 8.13. The topological polar surface area (TPSA) is 74.6 Å². The molecule has 24 heavy (non-hydrogen) atoms. The quantitative estimate of drug-likeness (QED) is 0.284. The molecule has 1 aromatic heterocycles. The van der Waals surface area contributed by atoms with Crippen molar-refractivity contribution in [3.63, 3.8) is 0 Å². The van der Waals surface area contributed by atoms with Crippen LogP contribution >= 0.6 is 24.0 Å². The van der Waals surface area contributed by atoms with Crippen LogP contribution in [0.15, 0.2) is 17.4 Å². The van der Waals surface area contributed by atoms with Gasteiger partial charge in [-0.15, -0.1) is 24.0 Å². The smallest absolute Gasteiger partial charge is 0.244 e. The van der Waals surface area contributed by atoms with Crippen LogP contribution in [0.1, 0.15) is 31.7 Å². The highest BCUT2D eigenvalue weighted by molar-refractivity contribution is 14.0. The molecule has 1 aromatic rings. The third-order valence-corrected chi connectivity index (χ3v) is 3.87. The minimum atomic E-state index is 0. The number of hydrogen-bond acceptors (Lipinski definition) is 3. The first kappa shape index (κ1) is 20.7. The lowest BCUT2D eigenvalue weighted by atomic mass is 10.2. The fraction of sp³-hybridized carbons (Fsp3) is 0.688. The van der Waals surface area contributed by atoms with Gasteiger partial charge < -0.3 is 15.5 Å². The number of guanidine groups is 1. The van der Waals surface area contributed by atoms with Crippen molar-refractivity contribution < 1.29 is 4.79 Å². The molecular weight excluding hydrogens is 419 g/mol. The van der Waals surface area contributed by atoms with Gasteiger partial charge in [0.15, 0.2) is 5.96 Å². The van der Waals surface area contributed by atoms with Crippen LogP contribution in [0.3, 0.4) is 0 Å². The van der Waals surface area contributed by atoms with Crippen LogP contribution in [-0.4, -0.2) is 59.3 Å². The van der Waals surface area contributed by atoms with Gasteiger partial charge in [0.05, 0.1) is 6.20 Å². The van der Waals surface area contributed by atoms with E-state index in [-0.39, 0.29) is 36.4 Å². The van der Waals surface area contributed by atoms with E-state index in [1.54, 1.807) is 0 Å². The molecule has 1 fully saturated rings. The Morgan fingerprint density at radius 2 is 2.08 bits per heavy atom. The van der Waals surface area contributed by atoms with Gasteiger partial charge in [-0.1, -0.05) is 0 Å². The number of rotatable bonds is 7. The van der Waals surface area contributed by atoms with Gasteiger partial charge in [-0.05, 0) is 38.2 Å². The second kappa shape index (κ2) is 11.3. The van der Waals surface area contributed by atoms with E-state index in [1.807, 2.05) is 35.9 Å². The first-order valence-corrected chi connectivity index (χ1v) is 8.46. The molecule has 2 rings (SSSR count). The normalized spacial score (nSPS) is 14.4. The van der Waals surface area contributed by atoms with Crippen molar-refractivity contribution in [1.29, 1.82) is 0 Å². The maximum Gasteiger partial charge on any atom is 0.244 e. The second-order valence-corrected chi connectivity index (χ2v) is 5.84. The summed E-state index contributed by atoms with van der Waals surface area (Å²) in [5.74, 6) is 0.835. The van der Waals surface area contributed by atoms with E-state index >= 15 is 0 Å². The van der Waals surface area contributed by atoms with E-state index in [1.165, 1.54) is 5.56 Å². The number of nitrogens with zero attached hydrogens (tertiary/aromatic N) is 4. The summed E-state index contributed by atoms with van der Waals surface area (Å²) in [5.41, 5.74) is 1.24. The molecule has 0 aliphatic carbocycles. The van der Waals surface area contributed by atoms with Crippen LogP contribution in [-0.2, 0) is 18.3 Å². The largest absolute Gasteiger partial charge is 0.357 e. The molecule has 1 amide bonds. The van der Waals surface area contributed by atoms with Crippen LogP contribution in [0.25, 0.3) is 0 Å². The molecule has 0 atom stereocenters. The van der Waals surface area contributed by atoms with E-state index in [2.05, 4.69) is 20.7 Å². The third kappa shape index (κ3) is 7.06. The Morgan fingerprint density at radius 1 is 1.33 bits per heavy atom. The molecule has 136 valence electrons. The Bertz CT molecular complexity index is 524. The van der Waals surface area contributed by atoms with Crippen molar-refractivity contribution in [2.75, 3.05) is 32.7 Å². The molecule has 8 heteroatoms. The average Bonchev–Trinajstić information content (AvgIpc) is 3.20. The number of halogens is 1. The summed E-state index contributed by atoms with van der Waals surface area (Å²) in [5, 5.41) is 10.6. The fourth-order valence-corrected chi connectivity index (χ4v) is 2.66. The number of aryl methyl sites for hydroxylation is 2. The summed E-state index contributed by atoms with van der Waals surface area (Å²) in [6.45, 7) is 5.60. The van der Waals surface area contributed by atoms with E-state index < -0.39 is 0 Å². The lowest BCUT2D eigenvalue weighted by molar-refractivity contribution is -0.128. The second-order valence-electron chi connectivity index (χ2n) is 5.84. The predicted octanol–water partition coefficient (Wildman–Crippen LogP) is 1.15. The molecule has 0 aromatic carbocycles. The summed E-state index contributed by atoms with van der Waals surface area (Å²) in [4.78, 5) is 18.3. The molecule has 0 unspecified atom stereocenters. The number of carbonyl (C=O) groups excluding carboxylic acids is 1. The summed E-state index contributed by atoms with van der Waals surface area (Å²) >= 11 is 0. The molecule has 2 heterocycles. The number of hydrogen-bond donors (Lipinski definition) is 2. The molecule has 0 radical (unpaired) electrons. The van der Waals surface area contributed by atoms with Gasteiger partial charge in [-0.2, -0.15) is 5.10 Å². The van der Waals surface area contributed by atoms with Crippen LogP contribution in [0.5, 0.6) is 0 Å². The van der Waals surface area contributed by atoms with Gasteiger partial charge in [0, 0.05) is 39.4 Å². The Morgan fingerprint density at radius 3 is 2.71 bits per heavy atom. The van der Waals surface area contributed by atoms with Gasteiger partial charge in [0.25, 0.3) is 0 Å². The van der Waals surface area contributed by atoms with Crippen LogP contribution < -0.4 is 10.6 Å². The standard InChI is InChI=1S/C16H28N6O.HI/c1-3-17-16(19-12-15(23)22-9-4-5-10-22)18-8-6-7-14-11-20-21(2)13-14;/h11,13H,3-10,12H2,1-2H3,(H2,17,18,19);1H. The van der Waals surface area contributed by atoms with Crippen molar-refractivity contribution in [2.45, 2.75) is 32.6 Å². The molecule has 1 aliphatic heterocycles. The van der Waals surface area contributed by atoms with Gasteiger partial charge in [0.1, 0.15) is 6.54 Å². The van der Waals surface area contributed by atoms with Crippen LogP contribution in [0.4, 0.5) is 0 Å². The molecular formula is C16H29IN6O. The lowest BCUT2D eigenvalue weighted by Gasteiger charge is -2.15. The first-order chi connectivity index (χ1) is 11.2. The molecule has 1 aliphatic rings. The van der Waals surface area contributed by atoms with Gasteiger partial charge in [-0.25, -0.2) is 4.99 Å². The molecule has 0 bridgehead atoms. The molecule has 7 nitrogen and oxygen atoms in total. The van der Waals surface area contributed by atoms with Gasteiger partial charge >= 0.3 is 0 Å². The number of aliphatic imine (C=N–C) groups is 1. The zero-order chi connectivity index (χ0) is 16.5. The minimum absolute atomic E-state index is 0. The van der Waals surface area contributed by atoms with Gasteiger partial charge in [-0.3, -0.25) is 9.48 Å². The van der Waals surface area contributed by atoms with E-state index in [4.69, 9.17) is 0 Å². The fourth-order valence-electron chi connectivity index (χ4n) is 2.66. The highest BCUT2D eigenvalue weighted by Gasteiger charge is 2.17. The number of likely N-dealkylation sites (tertiary alicyclic amines) is 1. The summed E-state index contributed by atoms with van der Waals surface area (Å²) in [6, 6.07) is 0. The average molecular weight is 448 g/mol. The van der Waals surface area contributed by atoms with Crippen molar-refractivity contribution >= 4 is 35.8 Å². The summed E-state index contributed by atoms with van der Waals surface area (Å²) in [7, 11) is 1.93. The Balaban J connectivity index is 0.00000288. The number of nitrogens with one attached hydrogen (secondary N) is 2. The van der Waals surface area contributed by atoms with Crippen molar-refractivity contribution in [3.8, 4) is 0 Å². The predicted molar refractivity (Wildman–Crippen MR) is 107 cm³/mol. The SMILES string of the molecule is CCNC(=NCC(=O)N1CCCC1)NCCCc1cnn(C)c1.I. The zero-order valence-corrected chi connectivity index (χ0v) is 17.0. The summed E-state index contributed by atoms with van der Waals surface area (Å²) < 4.78 is 1.82. The van der Waals surface area contributed by atoms with E-state index in [9.17, 15) is 4.79 Å². The third-order valence-electron chi connectivity index (χ3n) is 3.87. The molecule has 0 spiro atoms. The highest BCUT2D eigenvalue weighted by Crippen LogP contribution is 2.07. The van der Waals surface area contributed by atoms with E-state index in [0.29, 0.717) is 5.96 Å². The van der Waals surface area contributed by atoms with Crippen LogP contribution in [0, 0.1) is 0 Å². The Hall–Kier alpha value is -1.32. The van der Waals surface area contributed by atoms with E-state index in [0.717, 1.165) is 51.9 Å². The van der Waals surface area contributed by atoms with Crippen molar-refractivity contribution in [1.82, 2.24) is 25.3 Å². The van der Waals surface area contributed by atoms with Crippen LogP contribution in [0.2, 0.25) is 0 Å². The lowest BCUT2D eigenvalue weighted by Crippen LogP contribution is -2.39. The maximum atomic E-state index is 12.0. The monoisotopic (exact) mass is 448 g/mol. The molecule has 2 N–H and O–H groups in total. The Kier molecular flexibility index (Phi) is 9.73. The maximum absolute atomic E-state index is 12.0. The zero-order valence-electron chi connectivity index (χ0n) is 14.6. The molecule has 0 saturated carbocycles.